The molecule has 0 aliphatic carbocycles. The van der Waals surface area contributed by atoms with Gasteiger partial charge in [0.25, 0.3) is 5.91 Å². The largest absolute Gasteiger partial charge is 0.480 e. The molecule has 0 aliphatic heterocycles. The molecule has 1 atom stereocenters. The molecule has 0 bridgehead atoms. The minimum absolute atomic E-state index is 0.211. The zero-order valence-corrected chi connectivity index (χ0v) is 18.3. The van der Waals surface area contributed by atoms with Gasteiger partial charge in [-0.1, -0.05) is 44.2 Å². The van der Waals surface area contributed by atoms with Crippen LogP contribution in [0.2, 0.25) is 0 Å². The lowest BCUT2D eigenvalue weighted by Crippen LogP contribution is -2.52. The average molecular weight is 437 g/mol. The standard InChI is InChI=1S/C24H28N4O4/c1-17(2)22(26-23(31)20-9-8-18-6-3-4-7-19(18)14-20)24(32)28(15-21(29)30)12-5-11-27-13-10-25-16-27/h3-4,6-10,13-14,16-17,22H,5,11-12,15H2,1-2H3,(H,26,31)(H,29,30)/t22-/m0/s1. The molecule has 0 saturated carbocycles. The molecule has 0 saturated heterocycles. The number of carbonyl (C=O) groups is 3. The van der Waals surface area contributed by atoms with E-state index >= 15 is 0 Å². The molecule has 0 radical (unpaired) electrons. The SMILES string of the molecule is CC(C)[C@H](NC(=O)c1ccc2ccccc2c1)C(=O)N(CCCn1ccnc1)CC(=O)O. The highest BCUT2D eigenvalue weighted by Gasteiger charge is 2.30. The van der Waals surface area contributed by atoms with E-state index in [1.807, 2.05) is 54.9 Å². The number of fused-ring (bicyclic) bond motifs is 1. The number of aryl methyl sites for hydroxylation is 1. The molecule has 3 aromatic rings. The van der Waals surface area contributed by atoms with E-state index in [9.17, 15) is 19.5 Å². The molecule has 8 heteroatoms. The maximum Gasteiger partial charge on any atom is 0.323 e. The Kier molecular flexibility index (Phi) is 7.59. The van der Waals surface area contributed by atoms with Gasteiger partial charge in [0.1, 0.15) is 12.6 Å². The van der Waals surface area contributed by atoms with Gasteiger partial charge >= 0.3 is 5.97 Å². The van der Waals surface area contributed by atoms with Crippen molar-refractivity contribution < 1.29 is 19.5 Å². The van der Waals surface area contributed by atoms with Crippen molar-refractivity contribution in [2.24, 2.45) is 5.92 Å². The molecule has 168 valence electrons. The lowest BCUT2D eigenvalue weighted by atomic mass is 10.0. The van der Waals surface area contributed by atoms with Crippen molar-refractivity contribution in [2.45, 2.75) is 32.9 Å². The lowest BCUT2D eigenvalue weighted by Gasteiger charge is -2.29. The van der Waals surface area contributed by atoms with Crippen molar-refractivity contribution in [3.63, 3.8) is 0 Å². The fourth-order valence-electron chi connectivity index (χ4n) is 3.56. The summed E-state index contributed by atoms with van der Waals surface area (Å²) in [5.41, 5.74) is 0.451. The zero-order chi connectivity index (χ0) is 23.1. The van der Waals surface area contributed by atoms with Gasteiger partial charge in [0.05, 0.1) is 6.33 Å². The quantitative estimate of drug-likeness (QED) is 0.509. The summed E-state index contributed by atoms with van der Waals surface area (Å²) in [4.78, 5) is 42.8. The van der Waals surface area contributed by atoms with Crippen LogP contribution in [0, 0.1) is 5.92 Å². The predicted octanol–water partition coefficient (Wildman–Crippen LogP) is 2.79. The summed E-state index contributed by atoms with van der Waals surface area (Å²) in [6, 6.07) is 12.3. The smallest absolute Gasteiger partial charge is 0.323 e. The average Bonchev–Trinajstić information content (AvgIpc) is 3.29. The molecule has 2 aromatic carbocycles. The summed E-state index contributed by atoms with van der Waals surface area (Å²) >= 11 is 0. The van der Waals surface area contributed by atoms with Crippen molar-refractivity contribution in [1.29, 1.82) is 0 Å². The van der Waals surface area contributed by atoms with Crippen molar-refractivity contribution in [3.05, 3.63) is 66.7 Å². The highest BCUT2D eigenvalue weighted by Crippen LogP contribution is 2.16. The molecule has 0 spiro atoms. The van der Waals surface area contributed by atoms with Gasteiger partial charge in [0.2, 0.25) is 5.91 Å². The van der Waals surface area contributed by atoms with Crippen LogP contribution in [-0.2, 0) is 16.1 Å². The van der Waals surface area contributed by atoms with E-state index in [0.29, 0.717) is 18.5 Å². The van der Waals surface area contributed by atoms with Crippen LogP contribution >= 0.6 is 0 Å². The van der Waals surface area contributed by atoms with Crippen LogP contribution in [-0.4, -0.2) is 56.5 Å². The summed E-state index contributed by atoms with van der Waals surface area (Å²) in [6.45, 7) is 4.11. The topological polar surface area (TPSA) is 105 Å². The number of rotatable bonds is 10. The van der Waals surface area contributed by atoms with E-state index < -0.39 is 24.5 Å². The van der Waals surface area contributed by atoms with Crippen LogP contribution in [0.3, 0.4) is 0 Å². The Hall–Kier alpha value is -3.68. The molecule has 0 unspecified atom stereocenters. The second-order valence-corrected chi connectivity index (χ2v) is 8.06. The van der Waals surface area contributed by atoms with Crippen LogP contribution in [0.1, 0.15) is 30.6 Å². The fourth-order valence-corrected chi connectivity index (χ4v) is 3.56. The van der Waals surface area contributed by atoms with Crippen molar-refractivity contribution in [3.8, 4) is 0 Å². The first-order valence-electron chi connectivity index (χ1n) is 10.6. The summed E-state index contributed by atoms with van der Waals surface area (Å²) in [6.07, 6.45) is 5.71. The molecular weight excluding hydrogens is 408 g/mol. The second kappa shape index (κ2) is 10.6. The monoisotopic (exact) mass is 436 g/mol. The van der Waals surface area contributed by atoms with Crippen LogP contribution in [0.25, 0.3) is 10.8 Å². The number of amides is 2. The second-order valence-electron chi connectivity index (χ2n) is 8.06. The first-order chi connectivity index (χ1) is 15.3. The summed E-state index contributed by atoms with van der Waals surface area (Å²) < 4.78 is 1.87. The third kappa shape index (κ3) is 5.94. The van der Waals surface area contributed by atoms with Crippen LogP contribution < -0.4 is 5.32 Å². The molecule has 8 nitrogen and oxygen atoms in total. The molecular formula is C24H28N4O4. The van der Waals surface area contributed by atoms with Gasteiger partial charge in [0.15, 0.2) is 0 Å². The minimum Gasteiger partial charge on any atom is -0.480 e. The lowest BCUT2D eigenvalue weighted by molar-refractivity contribution is -0.145. The van der Waals surface area contributed by atoms with E-state index in [2.05, 4.69) is 10.3 Å². The van der Waals surface area contributed by atoms with Crippen molar-refractivity contribution in [1.82, 2.24) is 19.8 Å². The molecule has 1 aromatic heterocycles. The van der Waals surface area contributed by atoms with Gasteiger partial charge in [-0.15, -0.1) is 0 Å². The Morgan fingerprint density at radius 1 is 1.12 bits per heavy atom. The van der Waals surface area contributed by atoms with E-state index in [1.165, 1.54) is 4.90 Å². The van der Waals surface area contributed by atoms with Gasteiger partial charge < -0.3 is 19.9 Å². The highest BCUT2D eigenvalue weighted by atomic mass is 16.4. The van der Waals surface area contributed by atoms with Crippen molar-refractivity contribution in [2.75, 3.05) is 13.1 Å². The number of nitrogens with one attached hydrogen (secondary N) is 1. The van der Waals surface area contributed by atoms with Gasteiger partial charge in [-0.05, 0) is 35.2 Å². The van der Waals surface area contributed by atoms with Crippen LogP contribution in [0.4, 0.5) is 0 Å². The normalized spacial score (nSPS) is 12.0. The predicted molar refractivity (Wildman–Crippen MR) is 121 cm³/mol. The van der Waals surface area contributed by atoms with Gasteiger partial charge in [-0.2, -0.15) is 0 Å². The first-order valence-corrected chi connectivity index (χ1v) is 10.6. The molecule has 1 heterocycles. The van der Waals surface area contributed by atoms with E-state index in [0.717, 1.165) is 10.8 Å². The Bertz CT molecular complexity index is 1080. The van der Waals surface area contributed by atoms with E-state index in [4.69, 9.17) is 0 Å². The fraction of sp³-hybridized carbons (Fsp3) is 0.333. The Balaban J connectivity index is 1.71. The summed E-state index contributed by atoms with van der Waals surface area (Å²) in [7, 11) is 0. The van der Waals surface area contributed by atoms with E-state index in [1.54, 1.807) is 24.7 Å². The summed E-state index contributed by atoms with van der Waals surface area (Å²) in [5, 5.41) is 14.1. The van der Waals surface area contributed by atoms with Gasteiger partial charge in [-0.3, -0.25) is 14.4 Å². The highest BCUT2D eigenvalue weighted by molar-refractivity contribution is 6.01. The third-order valence-corrected chi connectivity index (χ3v) is 5.27. The Morgan fingerprint density at radius 2 is 1.88 bits per heavy atom. The van der Waals surface area contributed by atoms with Crippen LogP contribution in [0.5, 0.6) is 0 Å². The maximum atomic E-state index is 13.2. The van der Waals surface area contributed by atoms with Crippen molar-refractivity contribution >= 4 is 28.6 Å². The number of carbonyl (C=O) groups excluding carboxylic acids is 2. The number of hydrogen-bond donors (Lipinski definition) is 2. The molecule has 3 rings (SSSR count). The molecule has 0 aliphatic rings. The van der Waals surface area contributed by atoms with Gasteiger partial charge in [-0.25, -0.2) is 4.98 Å². The maximum absolute atomic E-state index is 13.2. The molecule has 32 heavy (non-hydrogen) atoms. The number of benzene rings is 2. The van der Waals surface area contributed by atoms with Crippen LogP contribution in [0.15, 0.2) is 61.2 Å². The third-order valence-electron chi connectivity index (χ3n) is 5.27. The number of aromatic nitrogens is 2. The number of aliphatic carboxylic acids is 1. The number of carboxylic acid groups (broad SMARTS) is 1. The zero-order valence-electron chi connectivity index (χ0n) is 18.3. The molecule has 0 fully saturated rings. The van der Waals surface area contributed by atoms with E-state index in [-0.39, 0.29) is 18.4 Å². The minimum atomic E-state index is -1.09. The molecule has 2 N–H and O–H groups in total. The number of hydrogen-bond acceptors (Lipinski definition) is 4. The molecule has 2 amide bonds. The number of nitrogens with zero attached hydrogens (tertiary/aromatic N) is 3. The Morgan fingerprint density at radius 3 is 2.53 bits per heavy atom. The van der Waals surface area contributed by atoms with Gasteiger partial charge in [0, 0.05) is 31.0 Å². The first kappa shape index (κ1) is 23.0. The number of carboxylic acids is 1. The number of imidazole rings is 1. The summed E-state index contributed by atoms with van der Waals surface area (Å²) in [5.74, 6) is -2.07. The Labute approximate surface area is 186 Å².